The minimum Gasteiger partial charge on any atom is -0.340 e. The fourth-order valence-corrected chi connectivity index (χ4v) is 4.66. The second-order valence-corrected chi connectivity index (χ2v) is 9.84. The van der Waals surface area contributed by atoms with E-state index in [0.717, 1.165) is 21.0 Å². The average Bonchev–Trinajstić information content (AvgIpc) is 2.73. The molecule has 0 spiro atoms. The van der Waals surface area contributed by atoms with Crippen LogP contribution in [0.1, 0.15) is 16.7 Å². The van der Waals surface area contributed by atoms with E-state index in [4.69, 9.17) is 11.6 Å². The zero-order valence-corrected chi connectivity index (χ0v) is 19.3. The molecule has 7 heteroatoms. The van der Waals surface area contributed by atoms with E-state index < -0.39 is 10.0 Å². The monoisotopic (exact) mass is 456 g/mol. The minimum absolute atomic E-state index is 0.0763. The number of anilines is 1. The first-order valence-electron chi connectivity index (χ1n) is 9.81. The fraction of sp³-hybridized carbons (Fsp3) is 0.208. The van der Waals surface area contributed by atoms with E-state index in [1.165, 1.54) is 29.2 Å². The van der Waals surface area contributed by atoms with Crippen molar-refractivity contribution in [1.29, 1.82) is 0 Å². The number of carbonyl (C=O) groups is 1. The first-order chi connectivity index (χ1) is 14.7. The third kappa shape index (κ3) is 5.66. The number of amides is 1. The summed E-state index contributed by atoms with van der Waals surface area (Å²) in [6, 6.07) is 20.9. The summed E-state index contributed by atoms with van der Waals surface area (Å²) in [4.78, 5) is 14.6. The molecule has 162 valence electrons. The predicted octanol–water partition coefficient (Wildman–Crippen LogP) is 4.81. The van der Waals surface area contributed by atoms with Gasteiger partial charge in [0.25, 0.3) is 10.0 Å². The molecule has 0 atom stereocenters. The highest BCUT2D eigenvalue weighted by molar-refractivity contribution is 7.92. The van der Waals surface area contributed by atoms with Crippen LogP contribution >= 0.6 is 11.6 Å². The molecule has 0 saturated heterocycles. The zero-order chi connectivity index (χ0) is 22.6. The van der Waals surface area contributed by atoms with Gasteiger partial charge in [-0.3, -0.25) is 9.10 Å². The van der Waals surface area contributed by atoms with Crippen molar-refractivity contribution in [1.82, 2.24) is 4.90 Å². The molecule has 0 bridgehead atoms. The smallest absolute Gasteiger partial charge is 0.264 e. The van der Waals surface area contributed by atoms with Gasteiger partial charge in [0.05, 0.1) is 10.6 Å². The Kier molecular flexibility index (Phi) is 7.03. The van der Waals surface area contributed by atoms with E-state index in [9.17, 15) is 13.2 Å². The number of rotatable bonds is 7. The Balaban J connectivity index is 1.90. The highest BCUT2D eigenvalue weighted by Gasteiger charge is 2.28. The van der Waals surface area contributed by atoms with E-state index in [2.05, 4.69) is 0 Å². The van der Waals surface area contributed by atoms with Crippen molar-refractivity contribution in [2.45, 2.75) is 25.3 Å². The fourth-order valence-electron chi connectivity index (χ4n) is 3.13. The number of aryl methyl sites for hydroxylation is 2. The maximum absolute atomic E-state index is 13.4. The van der Waals surface area contributed by atoms with Crippen molar-refractivity contribution in [3.63, 3.8) is 0 Å². The molecule has 0 aromatic heterocycles. The molecule has 1 amide bonds. The summed E-state index contributed by atoms with van der Waals surface area (Å²) in [6.07, 6.45) is 0. The Morgan fingerprint density at radius 2 is 1.55 bits per heavy atom. The molecule has 0 N–H and O–H groups in total. The highest BCUT2D eigenvalue weighted by Crippen LogP contribution is 2.25. The van der Waals surface area contributed by atoms with Crippen LogP contribution in [0.5, 0.6) is 0 Å². The van der Waals surface area contributed by atoms with Crippen LogP contribution in [0, 0.1) is 13.8 Å². The van der Waals surface area contributed by atoms with Gasteiger partial charge in [-0.15, -0.1) is 0 Å². The van der Waals surface area contributed by atoms with Crippen molar-refractivity contribution in [3.8, 4) is 0 Å². The number of sulfonamides is 1. The number of carbonyl (C=O) groups excluding carboxylic acids is 1. The predicted molar refractivity (Wildman–Crippen MR) is 125 cm³/mol. The number of hydrogen-bond acceptors (Lipinski definition) is 3. The molecule has 0 aliphatic carbocycles. The molecular weight excluding hydrogens is 432 g/mol. The molecule has 3 rings (SSSR count). The quantitative estimate of drug-likeness (QED) is 0.512. The van der Waals surface area contributed by atoms with Crippen LogP contribution in [-0.2, 0) is 21.4 Å². The third-order valence-electron chi connectivity index (χ3n) is 4.94. The van der Waals surface area contributed by atoms with Crippen LogP contribution < -0.4 is 4.31 Å². The van der Waals surface area contributed by atoms with Gasteiger partial charge in [-0.25, -0.2) is 8.42 Å². The first kappa shape index (κ1) is 22.8. The summed E-state index contributed by atoms with van der Waals surface area (Å²) in [5.74, 6) is -0.306. The van der Waals surface area contributed by atoms with Gasteiger partial charge in [-0.2, -0.15) is 0 Å². The number of nitrogens with zero attached hydrogens (tertiary/aromatic N) is 2. The summed E-state index contributed by atoms with van der Waals surface area (Å²) >= 11 is 5.92. The third-order valence-corrected chi connectivity index (χ3v) is 6.98. The maximum atomic E-state index is 13.4. The average molecular weight is 457 g/mol. The van der Waals surface area contributed by atoms with E-state index >= 15 is 0 Å². The van der Waals surface area contributed by atoms with Crippen molar-refractivity contribution in [2.24, 2.45) is 0 Å². The van der Waals surface area contributed by atoms with Gasteiger partial charge in [0.1, 0.15) is 6.54 Å². The Hall–Kier alpha value is -2.83. The molecule has 0 heterocycles. The van der Waals surface area contributed by atoms with E-state index in [1.54, 1.807) is 25.2 Å². The second kappa shape index (κ2) is 9.54. The number of likely N-dealkylation sites (N-methyl/N-ethyl adjacent to an activating group) is 1. The lowest BCUT2D eigenvalue weighted by Gasteiger charge is -2.27. The Morgan fingerprint density at radius 1 is 0.903 bits per heavy atom. The van der Waals surface area contributed by atoms with Gasteiger partial charge in [-0.1, -0.05) is 53.6 Å². The minimum atomic E-state index is -3.97. The van der Waals surface area contributed by atoms with Crippen molar-refractivity contribution in [2.75, 3.05) is 17.9 Å². The van der Waals surface area contributed by atoms with Crippen molar-refractivity contribution in [3.05, 3.63) is 94.5 Å². The topological polar surface area (TPSA) is 57.7 Å². The summed E-state index contributed by atoms with van der Waals surface area (Å²) in [5.41, 5.74) is 3.45. The standard InChI is InChI=1S/C24H25ClN2O3S/c1-18-7-9-20(10-8-18)16-26(3)24(28)17-27(22-6-4-5-19(2)15-22)31(29,30)23-13-11-21(25)12-14-23/h4-15H,16-17H2,1-3H3. The number of benzene rings is 3. The lowest BCUT2D eigenvalue weighted by molar-refractivity contribution is -0.128. The SMILES string of the molecule is Cc1ccc(CN(C)C(=O)CN(c2cccc(C)c2)S(=O)(=O)c2ccc(Cl)cc2)cc1. The molecule has 5 nitrogen and oxygen atoms in total. The maximum Gasteiger partial charge on any atom is 0.264 e. The molecule has 0 aliphatic rings. The van der Waals surface area contributed by atoms with Gasteiger partial charge in [0, 0.05) is 18.6 Å². The Morgan fingerprint density at radius 3 is 2.16 bits per heavy atom. The van der Waals surface area contributed by atoms with Gasteiger partial charge in [0.2, 0.25) is 5.91 Å². The zero-order valence-electron chi connectivity index (χ0n) is 17.7. The molecule has 3 aromatic rings. The molecule has 0 fully saturated rings. The molecule has 0 aliphatic heterocycles. The normalized spacial score (nSPS) is 11.2. The van der Waals surface area contributed by atoms with E-state index in [1.807, 2.05) is 44.2 Å². The van der Waals surface area contributed by atoms with Crippen LogP contribution in [0.25, 0.3) is 0 Å². The molecule has 3 aromatic carbocycles. The first-order valence-corrected chi connectivity index (χ1v) is 11.6. The Labute approximate surface area is 188 Å². The van der Waals surface area contributed by atoms with Gasteiger partial charge < -0.3 is 4.90 Å². The van der Waals surface area contributed by atoms with E-state index in [0.29, 0.717) is 17.3 Å². The number of hydrogen-bond donors (Lipinski definition) is 0. The highest BCUT2D eigenvalue weighted by atomic mass is 35.5. The number of halogens is 1. The molecule has 31 heavy (non-hydrogen) atoms. The summed E-state index contributed by atoms with van der Waals surface area (Å²) in [6.45, 7) is 3.96. The van der Waals surface area contributed by atoms with Gasteiger partial charge in [0.15, 0.2) is 0 Å². The lowest BCUT2D eigenvalue weighted by atomic mass is 10.1. The van der Waals surface area contributed by atoms with Crippen LogP contribution in [-0.4, -0.2) is 32.8 Å². The molecule has 0 saturated carbocycles. The molecular formula is C24H25ClN2O3S. The van der Waals surface area contributed by atoms with Crippen LogP contribution in [0.2, 0.25) is 5.02 Å². The van der Waals surface area contributed by atoms with E-state index in [-0.39, 0.29) is 17.3 Å². The summed E-state index contributed by atoms with van der Waals surface area (Å²) in [5, 5.41) is 0.440. The Bertz CT molecular complexity index is 1160. The van der Waals surface area contributed by atoms with Crippen molar-refractivity contribution < 1.29 is 13.2 Å². The lowest BCUT2D eigenvalue weighted by Crippen LogP contribution is -2.41. The van der Waals surface area contributed by atoms with Gasteiger partial charge >= 0.3 is 0 Å². The van der Waals surface area contributed by atoms with Crippen molar-refractivity contribution >= 4 is 33.2 Å². The second-order valence-electron chi connectivity index (χ2n) is 7.54. The van der Waals surface area contributed by atoms with Crippen LogP contribution in [0.4, 0.5) is 5.69 Å². The van der Waals surface area contributed by atoms with Crippen LogP contribution in [0.15, 0.2) is 77.7 Å². The van der Waals surface area contributed by atoms with Crippen LogP contribution in [0.3, 0.4) is 0 Å². The largest absolute Gasteiger partial charge is 0.340 e. The summed E-state index contributed by atoms with van der Waals surface area (Å²) < 4.78 is 28.0. The van der Waals surface area contributed by atoms with Gasteiger partial charge in [-0.05, 0) is 61.4 Å². The molecule has 0 radical (unpaired) electrons. The summed E-state index contributed by atoms with van der Waals surface area (Å²) in [7, 11) is -2.30. The molecule has 0 unspecified atom stereocenters.